The smallest absolute Gasteiger partial charge is 0.263 e. The quantitative estimate of drug-likeness (QED) is 0.372. The highest BCUT2D eigenvalue weighted by Crippen LogP contribution is 2.25. The van der Waals surface area contributed by atoms with Crippen molar-refractivity contribution in [3.63, 3.8) is 0 Å². The molecule has 0 spiro atoms. The molecule has 0 heterocycles. The van der Waals surface area contributed by atoms with Gasteiger partial charge in [0.2, 0.25) is 10.0 Å². The molecule has 0 unspecified atom stereocenters. The molecule has 2 N–H and O–H groups in total. The summed E-state index contributed by atoms with van der Waals surface area (Å²) in [6.45, 7) is 2.08. The van der Waals surface area contributed by atoms with Crippen molar-refractivity contribution in [2.75, 3.05) is 32.0 Å². The van der Waals surface area contributed by atoms with Crippen molar-refractivity contribution in [3.05, 3.63) is 82.9 Å². The maximum Gasteiger partial charge on any atom is 0.263 e. The van der Waals surface area contributed by atoms with Gasteiger partial charge in [0.05, 0.1) is 16.5 Å². The molecule has 0 aliphatic carbocycles. The second kappa shape index (κ2) is 11.3. The number of anilines is 1. The van der Waals surface area contributed by atoms with Gasteiger partial charge in [-0.05, 0) is 67.1 Å². The number of hydrogen-bond acceptors (Lipinski definition) is 6. The Hall–Kier alpha value is -3.12. The maximum atomic E-state index is 12.9. The van der Waals surface area contributed by atoms with Gasteiger partial charge in [-0.25, -0.2) is 21.1 Å². The predicted octanol–water partition coefficient (Wildman–Crippen LogP) is 3.51. The SMILES string of the molecule is Cc1cccc(NS(=O)(=O)c2cc(C(=O)NCCOc3ccc(S(=O)(=O)N(C)C)cc3)ccc2Cl)c1. The molecule has 192 valence electrons. The van der Waals surface area contributed by atoms with E-state index in [1.165, 1.54) is 56.6 Å². The summed E-state index contributed by atoms with van der Waals surface area (Å²) in [4.78, 5) is 12.5. The van der Waals surface area contributed by atoms with Crippen LogP contribution in [0.25, 0.3) is 0 Å². The van der Waals surface area contributed by atoms with Crippen LogP contribution in [-0.2, 0) is 20.0 Å². The minimum Gasteiger partial charge on any atom is -0.492 e. The Morgan fingerprint density at radius 2 is 1.67 bits per heavy atom. The summed E-state index contributed by atoms with van der Waals surface area (Å²) in [6, 6.07) is 16.8. The van der Waals surface area contributed by atoms with E-state index >= 15 is 0 Å². The second-order valence-electron chi connectivity index (χ2n) is 7.98. The number of sulfonamides is 2. The van der Waals surface area contributed by atoms with Crippen LogP contribution < -0.4 is 14.8 Å². The van der Waals surface area contributed by atoms with Crippen LogP contribution in [0.3, 0.4) is 0 Å². The Labute approximate surface area is 216 Å². The molecule has 1 amide bonds. The first-order valence-corrected chi connectivity index (χ1v) is 14.0. The zero-order chi connectivity index (χ0) is 26.5. The van der Waals surface area contributed by atoms with Gasteiger partial charge in [-0.2, -0.15) is 0 Å². The van der Waals surface area contributed by atoms with Gasteiger partial charge in [-0.1, -0.05) is 23.7 Å². The van der Waals surface area contributed by atoms with Crippen LogP contribution in [0.5, 0.6) is 5.75 Å². The lowest BCUT2D eigenvalue weighted by Gasteiger charge is -2.13. The van der Waals surface area contributed by atoms with Crippen molar-refractivity contribution in [1.29, 1.82) is 0 Å². The molecule has 0 saturated carbocycles. The number of carbonyl (C=O) groups excluding carboxylic acids is 1. The highest BCUT2D eigenvalue weighted by molar-refractivity contribution is 7.92. The summed E-state index contributed by atoms with van der Waals surface area (Å²) < 4.78 is 59.1. The summed E-state index contributed by atoms with van der Waals surface area (Å²) in [6.07, 6.45) is 0. The van der Waals surface area contributed by atoms with E-state index in [0.717, 1.165) is 9.87 Å². The Morgan fingerprint density at radius 3 is 2.31 bits per heavy atom. The van der Waals surface area contributed by atoms with Crippen molar-refractivity contribution in [1.82, 2.24) is 9.62 Å². The minimum absolute atomic E-state index is 0.0187. The Kier molecular flexibility index (Phi) is 8.62. The fourth-order valence-electron chi connectivity index (χ4n) is 3.12. The first-order chi connectivity index (χ1) is 16.9. The second-order valence-corrected chi connectivity index (χ2v) is 12.2. The van der Waals surface area contributed by atoms with E-state index in [9.17, 15) is 21.6 Å². The lowest BCUT2D eigenvalue weighted by atomic mass is 10.2. The van der Waals surface area contributed by atoms with Crippen LogP contribution in [0.2, 0.25) is 5.02 Å². The standard InChI is InChI=1S/C24H26ClN3O6S2/c1-17-5-4-6-19(15-17)27-35(30,31)23-16-18(7-12-22(23)25)24(29)26-13-14-34-20-8-10-21(11-9-20)36(32,33)28(2)3/h4-12,15-16,27H,13-14H2,1-3H3,(H,26,29). The third kappa shape index (κ3) is 6.76. The monoisotopic (exact) mass is 551 g/mol. The topological polar surface area (TPSA) is 122 Å². The summed E-state index contributed by atoms with van der Waals surface area (Å²) in [5, 5.41) is 2.63. The summed E-state index contributed by atoms with van der Waals surface area (Å²) >= 11 is 6.12. The Balaban J connectivity index is 1.60. The molecule has 0 fully saturated rings. The normalized spacial score (nSPS) is 11.8. The number of nitrogens with zero attached hydrogens (tertiary/aromatic N) is 1. The van der Waals surface area contributed by atoms with Crippen molar-refractivity contribution >= 4 is 43.2 Å². The molecule has 3 aromatic rings. The van der Waals surface area contributed by atoms with Gasteiger partial charge in [-0.3, -0.25) is 9.52 Å². The van der Waals surface area contributed by atoms with Crippen LogP contribution in [0, 0.1) is 6.92 Å². The molecule has 36 heavy (non-hydrogen) atoms. The minimum atomic E-state index is -4.03. The average molecular weight is 552 g/mol. The van der Waals surface area contributed by atoms with E-state index in [4.69, 9.17) is 16.3 Å². The molecule has 3 aromatic carbocycles. The molecule has 0 saturated heterocycles. The maximum absolute atomic E-state index is 12.9. The van der Waals surface area contributed by atoms with E-state index in [1.54, 1.807) is 18.2 Å². The van der Waals surface area contributed by atoms with E-state index in [1.807, 2.05) is 13.0 Å². The highest BCUT2D eigenvalue weighted by Gasteiger charge is 2.21. The van der Waals surface area contributed by atoms with Gasteiger partial charge in [-0.15, -0.1) is 0 Å². The Morgan fingerprint density at radius 1 is 0.972 bits per heavy atom. The first kappa shape index (κ1) is 27.5. The van der Waals surface area contributed by atoms with Gasteiger partial charge in [0.25, 0.3) is 15.9 Å². The molecule has 3 rings (SSSR count). The number of aryl methyl sites for hydroxylation is 1. The van der Waals surface area contributed by atoms with Crippen molar-refractivity contribution in [3.8, 4) is 5.75 Å². The fraction of sp³-hybridized carbons (Fsp3) is 0.208. The van der Waals surface area contributed by atoms with Crippen molar-refractivity contribution < 1.29 is 26.4 Å². The van der Waals surface area contributed by atoms with E-state index < -0.39 is 26.0 Å². The van der Waals surface area contributed by atoms with E-state index in [-0.39, 0.29) is 33.5 Å². The summed E-state index contributed by atoms with van der Waals surface area (Å²) in [7, 11) is -4.67. The number of halogens is 1. The predicted molar refractivity (Wildman–Crippen MR) is 139 cm³/mol. The van der Waals surface area contributed by atoms with Crippen molar-refractivity contribution in [2.24, 2.45) is 0 Å². The van der Waals surface area contributed by atoms with Gasteiger partial charge >= 0.3 is 0 Å². The van der Waals surface area contributed by atoms with Crippen LogP contribution in [0.1, 0.15) is 15.9 Å². The fourth-order valence-corrected chi connectivity index (χ4v) is 5.60. The Bertz CT molecular complexity index is 1460. The number of hydrogen-bond donors (Lipinski definition) is 2. The first-order valence-electron chi connectivity index (χ1n) is 10.7. The van der Waals surface area contributed by atoms with Crippen LogP contribution in [0.15, 0.2) is 76.5 Å². The number of amides is 1. The van der Waals surface area contributed by atoms with Crippen LogP contribution >= 0.6 is 11.6 Å². The van der Waals surface area contributed by atoms with Crippen molar-refractivity contribution in [2.45, 2.75) is 16.7 Å². The van der Waals surface area contributed by atoms with E-state index in [2.05, 4.69) is 10.0 Å². The molecule has 9 nitrogen and oxygen atoms in total. The lowest BCUT2D eigenvalue weighted by molar-refractivity contribution is 0.0946. The van der Waals surface area contributed by atoms with Gasteiger partial charge in [0.1, 0.15) is 17.3 Å². The zero-order valence-electron chi connectivity index (χ0n) is 19.9. The van der Waals surface area contributed by atoms with Gasteiger partial charge in [0.15, 0.2) is 0 Å². The average Bonchev–Trinajstić information content (AvgIpc) is 2.81. The molecule has 0 atom stereocenters. The number of rotatable bonds is 10. The number of ether oxygens (including phenoxy) is 1. The largest absolute Gasteiger partial charge is 0.492 e. The molecule has 0 radical (unpaired) electrons. The molecular weight excluding hydrogens is 526 g/mol. The highest BCUT2D eigenvalue weighted by atomic mass is 35.5. The molecular formula is C24H26ClN3O6S2. The molecule has 0 aromatic heterocycles. The van der Waals surface area contributed by atoms with Gasteiger partial charge < -0.3 is 10.1 Å². The van der Waals surface area contributed by atoms with Crippen LogP contribution in [-0.4, -0.2) is 54.3 Å². The molecule has 0 bridgehead atoms. The zero-order valence-corrected chi connectivity index (χ0v) is 22.2. The summed E-state index contributed by atoms with van der Waals surface area (Å²) in [5.41, 5.74) is 1.37. The van der Waals surface area contributed by atoms with E-state index in [0.29, 0.717) is 11.4 Å². The number of nitrogens with one attached hydrogen (secondary N) is 2. The third-order valence-electron chi connectivity index (χ3n) is 5.01. The number of carbonyl (C=O) groups is 1. The summed E-state index contributed by atoms with van der Waals surface area (Å²) in [5.74, 6) is -0.0706. The molecule has 0 aliphatic heterocycles. The molecule has 12 heteroatoms. The number of benzene rings is 3. The third-order valence-corrected chi connectivity index (χ3v) is 8.70. The van der Waals surface area contributed by atoms with Crippen LogP contribution in [0.4, 0.5) is 5.69 Å². The molecule has 0 aliphatic rings. The van der Waals surface area contributed by atoms with Gasteiger partial charge in [0, 0.05) is 25.3 Å². The lowest BCUT2D eigenvalue weighted by Crippen LogP contribution is -2.28.